The van der Waals surface area contributed by atoms with Crippen molar-refractivity contribution in [2.45, 2.75) is 32.8 Å². The average molecular weight is 306 g/mol. The van der Waals surface area contributed by atoms with Crippen molar-refractivity contribution in [3.63, 3.8) is 0 Å². The highest BCUT2D eigenvalue weighted by Crippen LogP contribution is 2.19. The van der Waals surface area contributed by atoms with Crippen LogP contribution in [0.5, 0.6) is 5.75 Å². The van der Waals surface area contributed by atoms with Crippen LogP contribution in [0, 0.1) is 6.92 Å². The predicted molar refractivity (Wildman–Crippen MR) is 83.6 cm³/mol. The zero-order chi connectivity index (χ0) is 16.5. The fourth-order valence-corrected chi connectivity index (χ4v) is 1.97. The molecule has 1 unspecified atom stereocenters. The Bertz CT molecular complexity index is 548. The molecule has 0 bridgehead atoms. The number of aliphatic hydroxyl groups excluding tert-OH is 1. The Hall–Kier alpha value is -2.14. The smallest absolute Gasteiger partial charge is 0.313 e. The number of carbonyl (C=O) groups is 2. The number of hydrogen-bond donors (Lipinski definition) is 1. The fraction of sp³-hybridized carbons (Fsp3) is 0.412. The number of benzene rings is 1. The van der Waals surface area contributed by atoms with Crippen molar-refractivity contribution < 1.29 is 24.2 Å². The molecule has 0 saturated heterocycles. The number of esters is 1. The van der Waals surface area contributed by atoms with Crippen LogP contribution in [0.15, 0.2) is 24.3 Å². The normalized spacial score (nSPS) is 12.2. The maximum atomic E-state index is 11.6. The third kappa shape index (κ3) is 6.10. The van der Waals surface area contributed by atoms with E-state index in [-0.39, 0.29) is 25.2 Å². The molecule has 1 aromatic rings. The lowest BCUT2D eigenvalue weighted by Crippen LogP contribution is -2.16. The van der Waals surface area contributed by atoms with Gasteiger partial charge in [-0.15, -0.1) is 0 Å². The number of aliphatic hydroxyl groups is 1. The maximum Gasteiger partial charge on any atom is 0.313 e. The molecule has 1 N–H and O–H groups in total. The second-order valence-electron chi connectivity index (χ2n) is 4.88. The summed E-state index contributed by atoms with van der Waals surface area (Å²) in [4.78, 5) is 22.7. The number of hydrogen-bond acceptors (Lipinski definition) is 5. The van der Waals surface area contributed by atoms with Crippen molar-refractivity contribution in [2.24, 2.45) is 0 Å². The van der Waals surface area contributed by atoms with E-state index in [1.807, 2.05) is 25.1 Å². The van der Waals surface area contributed by atoms with Gasteiger partial charge in [-0.1, -0.05) is 18.2 Å². The Morgan fingerprint density at radius 1 is 1.36 bits per heavy atom. The van der Waals surface area contributed by atoms with Gasteiger partial charge >= 0.3 is 5.97 Å². The molecule has 0 spiro atoms. The summed E-state index contributed by atoms with van der Waals surface area (Å²) >= 11 is 0. The monoisotopic (exact) mass is 306 g/mol. The van der Waals surface area contributed by atoms with Gasteiger partial charge in [-0.3, -0.25) is 9.59 Å². The SMILES string of the molecule is CCOC(=O)CC(=O)CC(O)/C=C/c1ccc(OC)c(C)c1. The molecule has 0 radical (unpaired) electrons. The van der Waals surface area contributed by atoms with Crippen LogP contribution in [0.4, 0.5) is 0 Å². The molecule has 0 amide bonds. The lowest BCUT2D eigenvalue weighted by molar-refractivity contribution is -0.145. The van der Waals surface area contributed by atoms with Crippen LogP contribution in [0.3, 0.4) is 0 Å². The second-order valence-corrected chi connectivity index (χ2v) is 4.88. The van der Waals surface area contributed by atoms with E-state index in [1.54, 1.807) is 20.1 Å². The van der Waals surface area contributed by atoms with Gasteiger partial charge in [0.15, 0.2) is 0 Å². The summed E-state index contributed by atoms with van der Waals surface area (Å²) in [7, 11) is 1.61. The van der Waals surface area contributed by atoms with E-state index in [1.165, 1.54) is 6.08 Å². The first-order valence-electron chi connectivity index (χ1n) is 7.14. The molecule has 120 valence electrons. The number of rotatable bonds is 8. The van der Waals surface area contributed by atoms with Crippen LogP contribution < -0.4 is 4.74 Å². The highest BCUT2D eigenvalue weighted by Gasteiger charge is 2.13. The zero-order valence-electron chi connectivity index (χ0n) is 13.2. The molecule has 0 aliphatic heterocycles. The molecule has 1 aromatic carbocycles. The number of aryl methyl sites for hydroxylation is 1. The molecule has 0 aliphatic carbocycles. The third-order valence-corrected chi connectivity index (χ3v) is 3.01. The van der Waals surface area contributed by atoms with Crippen LogP contribution in [-0.2, 0) is 14.3 Å². The standard InChI is InChI=1S/C17H22O5/c1-4-22-17(20)11-15(19)10-14(18)7-5-13-6-8-16(21-3)12(2)9-13/h5-9,14,18H,4,10-11H2,1-3H3/b7-5+. The molecule has 1 atom stereocenters. The van der Waals surface area contributed by atoms with Gasteiger partial charge in [0, 0.05) is 6.42 Å². The summed E-state index contributed by atoms with van der Waals surface area (Å²) in [6, 6.07) is 5.62. The van der Waals surface area contributed by atoms with Crippen LogP contribution in [0.25, 0.3) is 6.08 Å². The summed E-state index contributed by atoms with van der Waals surface area (Å²) in [5.74, 6) is -0.113. The van der Waals surface area contributed by atoms with Crippen molar-refractivity contribution >= 4 is 17.8 Å². The molecule has 1 rings (SSSR count). The Morgan fingerprint density at radius 3 is 2.68 bits per heavy atom. The second kappa shape index (κ2) is 9.00. The van der Waals surface area contributed by atoms with Crippen molar-refractivity contribution in [1.29, 1.82) is 0 Å². The zero-order valence-corrected chi connectivity index (χ0v) is 13.2. The van der Waals surface area contributed by atoms with Crippen LogP contribution in [0.1, 0.15) is 30.9 Å². The first-order valence-corrected chi connectivity index (χ1v) is 7.14. The minimum Gasteiger partial charge on any atom is -0.496 e. The Kier molecular flexibility index (Phi) is 7.32. The first-order chi connectivity index (χ1) is 10.5. The minimum atomic E-state index is -0.927. The topological polar surface area (TPSA) is 72.8 Å². The number of Topliss-reactive ketones (excluding diaryl/α,β-unsaturated/α-hetero) is 1. The van der Waals surface area contributed by atoms with Crippen LogP contribution in [0.2, 0.25) is 0 Å². The van der Waals surface area contributed by atoms with Gasteiger partial charge in [0.2, 0.25) is 0 Å². The van der Waals surface area contributed by atoms with Crippen molar-refractivity contribution in [3.8, 4) is 5.75 Å². The van der Waals surface area contributed by atoms with E-state index in [4.69, 9.17) is 4.74 Å². The van der Waals surface area contributed by atoms with Gasteiger partial charge in [-0.25, -0.2) is 0 Å². The van der Waals surface area contributed by atoms with Crippen molar-refractivity contribution in [2.75, 3.05) is 13.7 Å². The molecular formula is C17H22O5. The molecule has 0 fully saturated rings. The van der Waals surface area contributed by atoms with E-state index >= 15 is 0 Å². The van der Waals surface area contributed by atoms with E-state index in [2.05, 4.69) is 4.74 Å². The van der Waals surface area contributed by atoms with E-state index < -0.39 is 12.1 Å². The number of methoxy groups -OCH3 is 1. The molecule has 0 aromatic heterocycles. The highest BCUT2D eigenvalue weighted by molar-refractivity contribution is 5.95. The summed E-state index contributed by atoms with van der Waals surface area (Å²) in [6.07, 6.45) is 1.92. The summed E-state index contributed by atoms with van der Waals surface area (Å²) in [6.45, 7) is 3.84. The predicted octanol–water partition coefficient (Wildman–Crippen LogP) is 2.29. The summed E-state index contributed by atoms with van der Waals surface area (Å²) < 4.78 is 9.86. The largest absolute Gasteiger partial charge is 0.496 e. The molecule has 0 heterocycles. The molecule has 0 aliphatic rings. The molecule has 0 saturated carbocycles. The average Bonchev–Trinajstić information content (AvgIpc) is 2.45. The lowest BCUT2D eigenvalue weighted by atomic mass is 10.1. The summed E-state index contributed by atoms with van der Waals surface area (Å²) in [5, 5.41) is 9.81. The molecule has 22 heavy (non-hydrogen) atoms. The maximum absolute atomic E-state index is 11.6. The van der Waals surface area contributed by atoms with E-state index in [9.17, 15) is 14.7 Å². The van der Waals surface area contributed by atoms with Crippen molar-refractivity contribution in [3.05, 3.63) is 35.4 Å². The molecule has 5 nitrogen and oxygen atoms in total. The number of ketones is 1. The number of carbonyl (C=O) groups excluding carboxylic acids is 2. The van der Waals surface area contributed by atoms with Crippen LogP contribution >= 0.6 is 0 Å². The van der Waals surface area contributed by atoms with Gasteiger partial charge in [0.25, 0.3) is 0 Å². The van der Waals surface area contributed by atoms with Gasteiger partial charge in [-0.2, -0.15) is 0 Å². The molecular weight excluding hydrogens is 284 g/mol. The van der Waals surface area contributed by atoms with Crippen LogP contribution in [-0.4, -0.2) is 36.7 Å². The van der Waals surface area contributed by atoms with Gasteiger partial charge in [-0.05, 0) is 37.1 Å². The lowest BCUT2D eigenvalue weighted by Gasteiger charge is -2.06. The fourth-order valence-electron chi connectivity index (χ4n) is 1.97. The minimum absolute atomic E-state index is 0.107. The van der Waals surface area contributed by atoms with Crippen molar-refractivity contribution in [1.82, 2.24) is 0 Å². The van der Waals surface area contributed by atoms with E-state index in [0.717, 1.165) is 16.9 Å². The Morgan fingerprint density at radius 2 is 2.09 bits per heavy atom. The number of ether oxygens (including phenoxy) is 2. The first kappa shape index (κ1) is 17.9. The highest BCUT2D eigenvalue weighted by atomic mass is 16.5. The quantitative estimate of drug-likeness (QED) is 0.589. The molecule has 5 heteroatoms. The van der Waals surface area contributed by atoms with Gasteiger partial charge in [0.1, 0.15) is 18.0 Å². The Labute approximate surface area is 130 Å². The van der Waals surface area contributed by atoms with E-state index in [0.29, 0.717) is 0 Å². The van der Waals surface area contributed by atoms with Gasteiger partial charge < -0.3 is 14.6 Å². The third-order valence-electron chi connectivity index (χ3n) is 3.01. The Balaban J connectivity index is 2.53. The summed E-state index contributed by atoms with van der Waals surface area (Å²) in [5.41, 5.74) is 1.88. The van der Waals surface area contributed by atoms with Gasteiger partial charge in [0.05, 0.1) is 19.8 Å².